The summed E-state index contributed by atoms with van der Waals surface area (Å²) >= 11 is -0.714. The van der Waals surface area contributed by atoms with Gasteiger partial charge < -0.3 is 14.7 Å². The highest BCUT2D eigenvalue weighted by Crippen LogP contribution is 2.31. The van der Waals surface area contributed by atoms with E-state index in [0.717, 1.165) is 25.7 Å². The van der Waals surface area contributed by atoms with Gasteiger partial charge in [0.25, 0.3) is 0 Å². The third-order valence-electron chi connectivity index (χ3n) is 2.76. The van der Waals surface area contributed by atoms with Crippen molar-refractivity contribution in [3.63, 3.8) is 0 Å². The molecule has 0 bridgehead atoms. The van der Waals surface area contributed by atoms with Crippen molar-refractivity contribution in [2.24, 2.45) is 0 Å². The fraction of sp³-hybridized carbons (Fsp3) is 0.714. The summed E-state index contributed by atoms with van der Waals surface area (Å²) in [5.74, 6) is -2.19. The first-order chi connectivity index (χ1) is 11.3. The highest BCUT2D eigenvalue weighted by Gasteiger charge is 2.43. The second-order valence-electron chi connectivity index (χ2n) is 4.91. The molecule has 0 aliphatic carbocycles. The van der Waals surface area contributed by atoms with E-state index in [1.54, 1.807) is 6.92 Å². The molecule has 0 spiro atoms. The molecule has 0 radical (unpaired) electrons. The minimum absolute atomic E-state index is 0.149. The van der Waals surface area contributed by atoms with Crippen molar-refractivity contribution in [3.8, 4) is 0 Å². The molecule has 0 rings (SSSR count). The van der Waals surface area contributed by atoms with Crippen molar-refractivity contribution in [2.45, 2.75) is 50.7 Å². The molecule has 24 heavy (non-hydrogen) atoms. The van der Waals surface area contributed by atoms with E-state index in [-0.39, 0.29) is 6.61 Å². The van der Waals surface area contributed by atoms with Crippen LogP contribution in [0.25, 0.3) is 0 Å². The number of ether oxygens (including phenoxy) is 2. The summed E-state index contributed by atoms with van der Waals surface area (Å²) in [5, 5.41) is 8.18. The van der Waals surface area contributed by atoms with Crippen molar-refractivity contribution in [1.29, 1.82) is 0 Å². The monoisotopic (exact) mass is 371 g/mol. The predicted molar refractivity (Wildman–Crippen MR) is 79.1 cm³/mol. The van der Waals surface area contributed by atoms with Crippen LogP contribution in [0.1, 0.15) is 45.4 Å². The van der Waals surface area contributed by atoms with Gasteiger partial charge in [0.15, 0.2) is 0 Å². The minimum Gasteiger partial charge on any atom is -0.691 e. The number of unbranched alkanes of at least 4 members (excludes halogenated alkanes) is 5. The lowest BCUT2D eigenvalue weighted by molar-refractivity contribution is -0.777. The summed E-state index contributed by atoms with van der Waals surface area (Å²) in [5.41, 5.74) is 0.362. The molecule has 10 heteroatoms. The van der Waals surface area contributed by atoms with E-state index < -0.39 is 29.2 Å². The summed E-state index contributed by atoms with van der Waals surface area (Å²) in [6.45, 7) is 5.24. The third kappa shape index (κ3) is 11.3. The number of carbonyl (C=O) groups excluding carboxylic acids is 2. The molecule has 0 aromatic rings. The molecule has 0 saturated heterocycles. The van der Waals surface area contributed by atoms with Crippen LogP contribution in [0.2, 0.25) is 0 Å². The number of hydrogen-bond donors (Lipinski definition) is 0. The largest absolute Gasteiger partial charge is 0.691 e. The number of alkyl halides is 2. The highest BCUT2D eigenvalue weighted by molar-refractivity contribution is 7.96. The van der Waals surface area contributed by atoms with Crippen LogP contribution in [0.3, 0.4) is 0 Å². The molecule has 0 fully saturated rings. The number of rotatable bonds is 14. The van der Waals surface area contributed by atoms with E-state index >= 15 is 0 Å². The Morgan fingerprint density at radius 2 is 1.54 bits per heavy atom. The molecule has 0 aromatic heterocycles. The molecule has 0 aliphatic rings. The average molecular weight is 371 g/mol. The Morgan fingerprint density at radius 1 is 1.04 bits per heavy atom. The Morgan fingerprint density at radius 3 is 2.04 bits per heavy atom. The van der Waals surface area contributed by atoms with Gasteiger partial charge in [-0.25, -0.2) is 9.59 Å². The van der Waals surface area contributed by atoms with E-state index in [0.29, 0.717) is 25.0 Å². The maximum atomic E-state index is 13.0. The summed E-state index contributed by atoms with van der Waals surface area (Å²) < 4.78 is 38.6. The molecule has 0 aliphatic heterocycles. The number of esters is 2. The zero-order valence-corrected chi connectivity index (χ0v) is 14.2. The first-order valence-corrected chi connectivity index (χ1v) is 8.07. The molecule has 0 aromatic carbocycles. The van der Waals surface area contributed by atoms with Crippen LogP contribution in [-0.2, 0) is 28.4 Å². The van der Waals surface area contributed by atoms with Gasteiger partial charge >= 0.3 is 17.2 Å². The van der Waals surface area contributed by atoms with Crippen LogP contribution in [0.15, 0.2) is 12.2 Å². The highest BCUT2D eigenvalue weighted by atomic mass is 32.2. The van der Waals surface area contributed by atoms with Crippen molar-refractivity contribution < 1.29 is 42.5 Å². The van der Waals surface area contributed by atoms with Gasteiger partial charge in [0.2, 0.25) is 0 Å². The van der Waals surface area contributed by atoms with Crippen LogP contribution in [-0.4, -0.2) is 30.4 Å². The molecule has 0 N–H and O–H groups in total. The van der Waals surface area contributed by atoms with Gasteiger partial charge in [-0.3, -0.25) is 5.04 Å². The van der Waals surface area contributed by atoms with Crippen molar-refractivity contribution >= 4 is 24.0 Å². The normalized spacial score (nSPS) is 11.2. The summed E-state index contributed by atoms with van der Waals surface area (Å²) in [7, 11) is 0. The fourth-order valence-electron chi connectivity index (χ4n) is 1.54. The summed E-state index contributed by atoms with van der Waals surface area (Å²) in [6.07, 6.45) is 4.47. The fourth-order valence-corrected chi connectivity index (χ4v) is 1.78. The lowest BCUT2D eigenvalue weighted by Crippen LogP contribution is -2.28. The third-order valence-corrected chi connectivity index (χ3v) is 3.26. The summed E-state index contributed by atoms with van der Waals surface area (Å²) in [4.78, 5) is 22.1. The lowest BCUT2D eigenvalue weighted by atomic mass is 10.1. The van der Waals surface area contributed by atoms with Gasteiger partial charge in [-0.05, 0) is 19.8 Å². The molecule has 0 atom stereocenters. The van der Waals surface area contributed by atoms with Crippen LogP contribution in [0.5, 0.6) is 0 Å². The zero-order valence-electron chi connectivity index (χ0n) is 13.4. The average Bonchev–Trinajstić information content (AvgIpc) is 2.53. The zero-order chi connectivity index (χ0) is 18.4. The van der Waals surface area contributed by atoms with Gasteiger partial charge in [-0.15, -0.1) is 0 Å². The van der Waals surface area contributed by atoms with E-state index in [1.807, 2.05) is 0 Å². The lowest BCUT2D eigenvalue weighted by Gasteiger charge is -2.13. The smallest absolute Gasteiger partial charge is 0.415 e. The Hall–Kier alpha value is -1.23. The van der Waals surface area contributed by atoms with E-state index in [4.69, 9.17) is 4.74 Å². The maximum absolute atomic E-state index is 13.0. The maximum Gasteiger partial charge on any atom is 0.415 e. The van der Waals surface area contributed by atoms with Crippen LogP contribution in [0, 0.1) is 0 Å². The molecule has 7 nitrogen and oxygen atoms in total. The van der Waals surface area contributed by atoms with Gasteiger partial charge in [0.1, 0.15) is 12.0 Å². The standard InChI is InChI=1S/C14H22F2O7S/c1-11(2)12(17)20-9-7-5-3-4-6-8-10-21-13(18)14(15,16)24-23-22-19/h19H,1,3-10H2,2H3/p-1. The minimum atomic E-state index is -3.99. The van der Waals surface area contributed by atoms with Crippen molar-refractivity contribution in [3.05, 3.63) is 12.2 Å². The molecule has 0 amide bonds. The van der Waals surface area contributed by atoms with Crippen LogP contribution in [0.4, 0.5) is 8.78 Å². The van der Waals surface area contributed by atoms with Gasteiger partial charge in [0, 0.05) is 5.57 Å². The Balaban J connectivity index is 3.49. The van der Waals surface area contributed by atoms with Crippen molar-refractivity contribution in [1.82, 2.24) is 0 Å². The van der Waals surface area contributed by atoms with Gasteiger partial charge in [-0.1, -0.05) is 32.3 Å². The molecule has 140 valence electrons. The quantitative estimate of drug-likeness (QED) is 0.115. The second kappa shape index (κ2) is 13.1. The van der Waals surface area contributed by atoms with E-state index in [9.17, 15) is 23.6 Å². The molecule has 0 heterocycles. The van der Waals surface area contributed by atoms with Gasteiger partial charge in [-0.2, -0.15) is 13.1 Å². The number of carbonyl (C=O) groups is 2. The Labute approximate surface area is 143 Å². The van der Waals surface area contributed by atoms with Gasteiger partial charge in [0.05, 0.1) is 13.2 Å². The first kappa shape index (κ1) is 22.8. The predicted octanol–water partition coefficient (Wildman–Crippen LogP) is 2.45. The SMILES string of the molecule is C=C(C)C(=O)OCCCCCCCCOC(=O)C(F)(F)SOO[O-]. The molecule has 0 saturated carbocycles. The number of halogens is 2. The summed E-state index contributed by atoms with van der Waals surface area (Å²) in [6, 6.07) is 0. The van der Waals surface area contributed by atoms with E-state index in [2.05, 4.69) is 20.7 Å². The Bertz CT molecular complexity index is 405. The van der Waals surface area contributed by atoms with Crippen LogP contribution < -0.4 is 5.26 Å². The van der Waals surface area contributed by atoms with Crippen molar-refractivity contribution in [2.75, 3.05) is 13.2 Å². The second-order valence-corrected chi connectivity index (χ2v) is 5.73. The Kier molecular flexibility index (Phi) is 12.4. The topological polar surface area (TPSA) is 94.1 Å². The molecule has 0 unspecified atom stereocenters. The molecular formula is C14H21F2O7S-. The van der Waals surface area contributed by atoms with Crippen LogP contribution >= 0.6 is 12.0 Å². The number of hydrogen-bond acceptors (Lipinski definition) is 8. The first-order valence-electron chi connectivity index (χ1n) is 7.33. The molecular weight excluding hydrogens is 350 g/mol. The van der Waals surface area contributed by atoms with E-state index in [1.165, 1.54) is 0 Å².